The Hall–Kier alpha value is -3.48. The van der Waals surface area contributed by atoms with Gasteiger partial charge in [0.05, 0.1) is 0 Å². The van der Waals surface area contributed by atoms with Gasteiger partial charge in [0.25, 0.3) is 5.91 Å². The zero-order valence-corrected chi connectivity index (χ0v) is 13.9. The smallest absolute Gasteiger partial charge is 0.269 e. The molecule has 0 spiro atoms. The molecule has 2 amide bonds. The minimum absolute atomic E-state index is 0.144. The molecule has 132 valence electrons. The van der Waals surface area contributed by atoms with Crippen molar-refractivity contribution >= 4 is 22.7 Å². The summed E-state index contributed by atoms with van der Waals surface area (Å²) in [4.78, 5) is 27.3. The maximum Gasteiger partial charge on any atom is 0.269 e. The van der Waals surface area contributed by atoms with Gasteiger partial charge in [-0.1, -0.05) is 18.2 Å². The Morgan fingerprint density at radius 1 is 1.04 bits per heavy atom. The van der Waals surface area contributed by atoms with Crippen LogP contribution in [0.25, 0.3) is 10.9 Å². The minimum Gasteiger partial charge on any atom is -0.454 e. The van der Waals surface area contributed by atoms with Crippen LogP contribution in [0.1, 0.15) is 22.3 Å². The van der Waals surface area contributed by atoms with Crippen LogP contribution in [-0.4, -0.2) is 23.6 Å². The molecule has 3 N–H and O–H groups in total. The van der Waals surface area contributed by atoms with Gasteiger partial charge in [0.2, 0.25) is 12.7 Å². The third-order valence-corrected chi connectivity index (χ3v) is 4.25. The summed E-state index contributed by atoms with van der Waals surface area (Å²) >= 11 is 0. The Balaban J connectivity index is 1.30. The van der Waals surface area contributed by atoms with Gasteiger partial charge >= 0.3 is 0 Å². The number of nitrogens with one attached hydrogen (secondary N) is 3. The maximum atomic E-state index is 12.1. The molecular formula is C19H17N3O4. The van der Waals surface area contributed by atoms with Crippen molar-refractivity contribution in [3.8, 4) is 11.5 Å². The molecule has 0 atom stereocenters. The van der Waals surface area contributed by atoms with Gasteiger partial charge in [0.15, 0.2) is 11.5 Å². The van der Waals surface area contributed by atoms with Crippen LogP contribution in [0.2, 0.25) is 0 Å². The van der Waals surface area contributed by atoms with Gasteiger partial charge in [0.1, 0.15) is 0 Å². The third kappa shape index (κ3) is 3.19. The fraction of sp³-hybridized carbons (Fsp3) is 0.158. The van der Waals surface area contributed by atoms with Gasteiger partial charge < -0.3 is 14.5 Å². The molecule has 0 bridgehead atoms. The summed E-state index contributed by atoms with van der Waals surface area (Å²) in [7, 11) is 0. The highest BCUT2D eigenvalue weighted by Crippen LogP contribution is 2.32. The number of amides is 2. The number of benzene rings is 2. The second kappa shape index (κ2) is 6.79. The number of aryl methyl sites for hydroxylation is 1. The highest BCUT2D eigenvalue weighted by atomic mass is 16.7. The number of rotatable bonds is 4. The predicted octanol–water partition coefficient (Wildman–Crippen LogP) is 2.29. The van der Waals surface area contributed by atoms with E-state index in [0.29, 0.717) is 23.5 Å². The lowest BCUT2D eigenvalue weighted by atomic mass is 10.1. The molecule has 1 aliphatic rings. The van der Waals surface area contributed by atoms with E-state index in [1.54, 1.807) is 18.2 Å². The topological polar surface area (TPSA) is 92.5 Å². The zero-order chi connectivity index (χ0) is 17.9. The van der Waals surface area contributed by atoms with Crippen LogP contribution in [0.5, 0.6) is 11.5 Å². The minimum atomic E-state index is -0.413. The van der Waals surface area contributed by atoms with Gasteiger partial charge in [-0.15, -0.1) is 0 Å². The SMILES string of the molecule is O=C(CCc1c[nH]c2ccccc12)NNC(=O)c1ccc2c(c1)OCO2. The van der Waals surface area contributed by atoms with Crippen LogP contribution in [0, 0.1) is 0 Å². The van der Waals surface area contributed by atoms with E-state index in [0.717, 1.165) is 16.5 Å². The molecule has 4 rings (SSSR count). The van der Waals surface area contributed by atoms with Gasteiger partial charge in [-0.2, -0.15) is 0 Å². The lowest BCUT2D eigenvalue weighted by Crippen LogP contribution is -2.41. The molecule has 0 saturated heterocycles. The van der Waals surface area contributed by atoms with Gasteiger partial charge in [-0.05, 0) is 36.2 Å². The molecule has 7 nitrogen and oxygen atoms in total. The molecule has 0 radical (unpaired) electrons. The zero-order valence-electron chi connectivity index (χ0n) is 13.9. The molecule has 7 heteroatoms. The van der Waals surface area contributed by atoms with E-state index < -0.39 is 5.91 Å². The molecule has 0 unspecified atom stereocenters. The standard InChI is InChI=1S/C19H17N3O4/c23-18(8-6-13-10-20-15-4-2-1-3-14(13)15)21-22-19(24)12-5-7-16-17(9-12)26-11-25-16/h1-5,7,9-10,20H,6,8,11H2,(H,21,23)(H,22,24). The Kier molecular flexibility index (Phi) is 4.18. The first-order valence-corrected chi connectivity index (χ1v) is 8.24. The van der Waals surface area contributed by atoms with Crippen LogP contribution < -0.4 is 20.3 Å². The van der Waals surface area contributed by atoms with Crippen LogP contribution in [0.15, 0.2) is 48.7 Å². The Bertz CT molecular complexity index is 980. The molecule has 2 aromatic carbocycles. The highest BCUT2D eigenvalue weighted by Gasteiger charge is 2.16. The quantitative estimate of drug-likeness (QED) is 0.629. The molecule has 3 aromatic rings. The van der Waals surface area contributed by atoms with Crippen molar-refractivity contribution in [1.29, 1.82) is 0 Å². The van der Waals surface area contributed by atoms with Crippen molar-refractivity contribution in [2.24, 2.45) is 0 Å². The molecule has 0 saturated carbocycles. The number of carbonyl (C=O) groups excluding carboxylic acids is 2. The first-order valence-electron chi connectivity index (χ1n) is 8.24. The van der Waals surface area contributed by atoms with Crippen molar-refractivity contribution in [2.75, 3.05) is 6.79 Å². The van der Waals surface area contributed by atoms with E-state index in [1.165, 1.54) is 0 Å². The second-order valence-corrected chi connectivity index (χ2v) is 5.93. The van der Waals surface area contributed by atoms with Crippen LogP contribution in [-0.2, 0) is 11.2 Å². The van der Waals surface area contributed by atoms with Crippen LogP contribution in [0.3, 0.4) is 0 Å². The highest BCUT2D eigenvalue weighted by molar-refractivity contribution is 5.96. The maximum absolute atomic E-state index is 12.1. The van der Waals surface area contributed by atoms with Crippen molar-refractivity contribution in [3.05, 3.63) is 59.8 Å². The van der Waals surface area contributed by atoms with Crippen LogP contribution in [0.4, 0.5) is 0 Å². The average molecular weight is 351 g/mol. The normalized spacial score (nSPS) is 12.2. The number of hydrazine groups is 1. The van der Waals surface area contributed by atoms with E-state index in [4.69, 9.17) is 9.47 Å². The Morgan fingerprint density at radius 2 is 1.88 bits per heavy atom. The molecule has 26 heavy (non-hydrogen) atoms. The van der Waals surface area contributed by atoms with Crippen molar-refractivity contribution in [1.82, 2.24) is 15.8 Å². The summed E-state index contributed by atoms with van der Waals surface area (Å²) in [6.45, 7) is 0.144. The van der Waals surface area contributed by atoms with Gasteiger partial charge in [0, 0.05) is 29.1 Å². The van der Waals surface area contributed by atoms with Crippen LogP contribution >= 0.6 is 0 Å². The Morgan fingerprint density at radius 3 is 2.81 bits per heavy atom. The van der Waals surface area contributed by atoms with Gasteiger partial charge in [-0.25, -0.2) is 0 Å². The Labute approximate surface area is 149 Å². The lowest BCUT2D eigenvalue weighted by molar-refractivity contribution is -0.121. The molecule has 2 heterocycles. The lowest BCUT2D eigenvalue weighted by Gasteiger charge is -2.08. The summed E-state index contributed by atoms with van der Waals surface area (Å²) in [5, 5.41) is 1.10. The fourth-order valence-electron chi connectivity index (χ4n) is 2.89. The number of para-hydroxylation sites is 1. The summed E-state index contributed by atoms with van der Waals surface area (Å²) in [5.74, 6) is 0.445. The van der Waals surface area contributed by atoms with Crippen molar-refractivity contribution in [2.45, 2.75) is 12.8 Å². The predicted molar refractivity (Wildman–Crippen MR) is 94.8 cm³/mol. The number of aromatic amines is 1. The second-order valence-electron chi connectivity index (χ2n) is 5.93. The monoisotopic (exact) mass is 351 g/mol. The number of fused-ring (bicyclic) bond motifs is 2. The first kappa shape index (κ1) is 16.0. The van der Waals surface area contributed by atoms with E-state index in [9.17, 15) is 9.59 Å². The van der Waals surface area contributed by atoms with E-state index in [1.807, 2.05) is 30.5 Å². The average Bonchev–Trinajstić information content (AvgIpc) is 3.30. The number of aromatic nitrogens is 1. The number of carbonyl (C=O) groups is 2. The number of hydrogen-bond acceptors (Lipinski definition) is 4. The van der Waals surface area contributed by atoms with Crippen molar-refractivity contribution < 1.29 is 19.1 Å². The number of ether oxygens (including phenoxy) is 2. The first-order chi connectivity index (χ1) is 12.7. The molecule has 1 aliphatic heterocycles. The van der Waals surface area contributed by atoms with Crippen molar-refractivity contribution in [3.63, 3.8) is 0 Å². The summed E-state index contributed by atoms with van der Waals surface area (Å²) in [6.07, 6.45) is 2.75. The molecular weight excluding hydrogens is 334 g/mol. The molecule has 0 fully saturated rings. The number of hydrogen-bond donors (Lipinski definition) is 3. The molecule has 1 aromatic heterocycles. The summed E-state index contributed by atoms with van der Waals surface area (Å²) in [6, 6.07) is 12.8. The summed E-state index contributed by atoms with van der Waals surface area (Å²) in [5.41, 5.74) is 7.34. The fourth-order valence-corrected chi connectivity index (χ4v) is 2.89. The van der Waals surface area contributed by atoms with Gasteiger partial charge in [-0.3, -0.25) is 20.4 Å². The number of H-pyrrole nitrogens is 1. The van der Waals surface area contributed by atoms with E-state index in [-0.39, 0.29) is 19.1 Å². The van der Waals surface area contributed by atoms with E-state index >= 15 is 0 Å². The third-order valence-electron chi connectivity index (χ3n) is 4.25. The van der Waals surface area contributed by atoms with E-state index in [2.05, 4.69) is 15.8 Å². The molecule has 0 aliphatic carbocycles. The largest absolute Gasteiger partial charge is 0.454 e. The summed E-state index contributed by atoms with van der Waals surface area (Å²) < 4.78 is 10.4.